The van der Waals surface area contributed by atoms with E-state index >= 15 is 0 Å². The number of hydrogen-bond donors (Lipinski definition) is 3. The Hall–Kier alpha value is -2.60. The number of carbonyl (C=O) groups is 2. The molecule has 2 aromatic carbocycles. The molecule has 0 heterocycles. The van der Waals surface area contributed by atoms with Crippen LogP contribution in [0.4, 0.5) is 4.79 Å². The molecule has 6 nitrogen and oxygen atoms in total. The van der Waals surface area contributed by atoms with Gasteiger partial charge >= 0.3 is 12.0 Å². The van der Waals surface area contributed by atoms with Crippen LogP contribution in [0.15, 0.2) is 42.5 Å². The van der Waals surface area contributed by atoms with E-state index in [1.165, 1.54) is 16.3 Å². The van der Waals surface area contributed by atoms with E-state index in [-0.39, 0.29) is 24.7 Å². The van der Waals surface area contributed by atoms with Crippen LogP contribution in [0.2, 0.25) is 0 Å². The van der Waals surface area contributed by atoms with Gasteiger partial charge < -0.3 is 15.7 Å². The molecule has 27 heavy (non-hydrogen) atoms. The maximum Gasteiger partial charge on any atom is 0.317 e. The molecule has 1 fully saturated rings. The molecule has 0 saturated heterocycles. The highest BCUT2D eigenvalue weighted by atomic mass is 16.4. The second-order valence-corrected chi connectivity index (χ2v) is 7.11. The molecule has 0 unspecified atom stereocenters. The minimum absolute atomic E-state index is 0.0614. The predicted molar refractivity (Wildman–Crippen MR) is 106 cm³/mol. The fourth-order valence-corrected chi connectivity index (χ4v) is 3.63. The lowest BCUT2D eigenvalue weighted by Gasteiger charge is -2.42. The van der Waals surface area contributed by atoms with Crippen LogP contribution in [0, 0.1) is 0 Å². The third-order valence-electron chi connectivity index (χ3n) is 5.22. The first-order chi connectivity index (χ1) is 13.0. The average Bonchev–Trinajstić information content (AvgIpc) is 2.62. The molecule has 1 aliphatic rings. The van der Waals surface area contributed by atoms with E-state index in [4.69, 9.17) is 5.11 Å². The van der Waals surface area contributed by atoms with Crippen LogP contribution < -0.4 is 10.6 Å². The summed E-state index contributed by atoms with van der Waals surface area (Å²) in [5, 5.41) is 17.2. The molecule has 6 heteroatoms. The van der Waals surface area contributed by atoms with Crippen molar-refractivity contribution in [1.82, 2.24) is 15.5 Å². The Balaban J connectivity index is 1.37. The summed E-state index contributed by atoms with van der Waals surface area (Å²) in [6.45, 7) is 3.32. The Labute approximate surface area is 159 Å². The van der Waals surface area contributed by atoms with Crippen LogP contribution in [0.5, 0.6) is 0 Å². The van der Waals surface area contributed by atoms with Gasteiger partial charge in [0.15, 0.2) is 0 Å². The van der Waals surface area contributed by atoms with E-state index in [9.17, 15) is 9.59 Å². The topological polar surface area (TPSA) is 81.7 Å². The molecule has 2 amide bonds. The molecule has 0 spiro atoms. The highest BCUT2D eigenvalue weighted by Gasteiger charge is 2.34. The van der Waals surface area contributed by atoms with Crippen LogP contribution in [-0.2, 0) is 11.2 Å². The van der Waals surface area contributed by atoms with Crippen LogP contribution in [0.3, 0.4) is 0 Å². The van der Waals surface area contributed by atoms with E-state index in [0.717, 1.165) is 19.3 Å². The number of nitrogens with zero attached hydrogens (tertiary/aromatic N) is 1. The van der Waals surface area contributed by atoms with Gasteiger partial charge in [0.1, 0.15) is 0 Å². The fourth-order valence-electron chi connectivity index (χ4n) is 3.63. The van der Waals surface area contributed by atoms with Crippen molar-refractivity contribution >= 4 is 22.8 Å². The van der Waals surface area contributed by atoms with Crippen molar-refractivity contribution in [2.75, 3.05) is 19.6 Å². The number of rotatable bonds is 8. The number of carboxylic acids is 1. The Morgan fingerprint density at radius 3 is 2.59 bits per heavy atom. The summed E-state index contributed by atoms with van der Waals surface area (Å²) in [6.07, 6.45) is 2.40. The first kappa shape index (κ1) is 19.2. The average molecular weight is 369 g/mol. The lowest BCUT2D eigenvalue weighted by Crippen LogP contribution is -2.56. The highest BCUT2D eigenvalue weighted by molar-refractivity contribution is 5.83. The molecule has 1 aliphatic carbocycles. The summed E-state index contributed by atoms with van der Waals surface area (Å²) in [4.78, 5) is 24.8. The lowest BCUT2D eigenvalue weighted by atomic mass is 9.85. The van der Waals surface area contributed by atoms with Gasteiger partial charge in [-0.3, -0.25) is 9.69 Å². The lowest BCUT2D eigenvalue weighted by molar-refractivity contribution is -0.139. The van der Waals surface area contributed by atoms with Crippen molar-refractivity contribution in [1.29, 1.82) is 0 Å². The van der Waals surface area contributed by atoms with E-state index in [2.05, 4.69) is 41.0 Å². The zero-order valence-corrected chi connectivity index (χ0v) is 15.6. The monoisotopic (exact) mass is 369 g/mol. The summed E-state index contributed by atoms with van der Waals surface area (Å²) < 4.78 is 0. The second-order valence-electron chi connectivity index (χ2n) is 7.11. The Morgan fingerprint density at radius 1 is 1.15 bits per heavy atom. The fraction of sp³-hybridized carbons (Fsp3) is 0.429. The molecular weight excluding hydrogens is 342 g/mol. The summed E-state index contributed by atoms with van der Waals surface area (Å²) >= 11 is 0. The van der Waals surface area contributed by atoms with Crippen LogP contribution in [0.25, 0.3) is 10.8 Å². The number of likely N-dealkylation sites (N-methyl/N-ethyl adjacent to an activating group) is 1. The Bertz CT molecular complexity index is 802. The summed E-state index contributed by atoms with van der Waals surface area (Å²) in [5.74, 6) is -0.806. The number of urea groups is 1. The van der Waals surface area contributed by atoms with Gasteiger partial charge in [0.25, 0.3) is 0 Å². The summed E-state index contributed by atoms with van der Waals surface area (Å²) in [7, 11) is 0. The number of amides is 2. The van der Waals surface area contributed by atoms with E-state index in [1.54, 1.807) is 0 Å². The quantitative estimate of drug-likeness (QED) is 0.668. The van der Waals surface area contributed by atoms with E-state index < -0.39 is 5.97 Å². The number of benzene rings is 2. The van der Waals surface area contributed by atoms with Crippen molar-refractivity contribution in [3.63, 3.8) is 0 Å². The second kappa shape index (κ2) is 8.86. The zero-order valence-electron chi connectivity index (χ0n) is 15.6. The zero-order chi connectivity index (χ0) is 19.2. The molecule has 0 atom stereocenters. The number of fused-ring (bicyclic) bond motifs is 1. The molecule has 0 aliphatic heterocycles. The number of aliphatic carboxylic acids is 1. The molecule has 0 radical (unpaired) electrons. The first-order valence-electron chi connectivity index (χ1n) is 9.53. The van der Waals surface area contributed by atoms with Gasteiger partial charge in [0.2, 0.25) is 0 Å². The predicted octanol–water partition coefficient (Wildman–Crippen LogP) is 2.62. The summed E-state index contributed by atoms with van der Waals surface area (Å²) in [5.41, 5.74) is 1.20. The molecule has 3 rings (SSSR count). The molecule has 3 N–H and O–H groups in total. The number of nitrogens with one attached hydrogen (secondary N) is 2. The molecule has 2 aromatic rings. The minimum Gasteiger partial charge on any atom is -0.480 e. The maximum atomic E-state index is 12.0. The normalized spacial score (nSPS) is 18.9. The Kier molecular flexibility index (Phi) is 6.29. The van der Waals surface area contributed by atoms with Crippen molar-refractivity contribution in [2.24, 2.45) is 0 Å². The van der Waals surface area contributed by atoms with Gasteiger partial charge in [-0.1, -0.05) is 49.4 Å². The number of carboxylic acid groups (broad SMARTS) is 1. The number of hydrogen-bond acceptors (Lipinski definition) is 3. The molecular formula is C21H27N3O3. The molecule has 0 aromatic heterocycles. The van der Waals surface area contributed by atoms with Gasteiger partial charge in [-0.2, -0.15) is 0 Å². The van der Waals surface area contributed by atoms with Crippen LogP contribution >= 0.6 is 0 Å². The third-order valence-corrected chi connectivity index (χ3v) is 5.22. The SMILES string of the molecule is CCN(CC(=O)O)C1CC(NC(=O)NCCc2ccc3ccccc3c2)C1. The van der Waals surface area contributed by atoms with Crippen LogP contribution in [-0.4, -0.2) is 53.7 Å². The standard InChI is InChI=1S/C21H27N3O3/c1-2-24(14-20(25)26)19-12-18(13-19)23-21(27)22-10-9-15-7-8-16-5-3-4-6-17(16)11-15/h3-8,11,18-19H,2,9-10,12-14H2,1H3,(H,25,26)(H2,22,23,27). The van der Waals surface area contributed by atoms with Gasteiger partial charge in [-0.05, 0) is 42.1 Å². The van der Waals surface area contributed by atoms with Crippen molar-refractivity contribution in [2.45, 2.75) is 38.3 Å². The summed E-state index contributed by atoms with van der Waals surface area (Å²) in [6, 6.07) is 14.8. The van der Waals surface area contributed by atoms with Crippen molar-refractivity contribution < 1.29 is 14.7 Å². The van der Waals surface area contributed by atoms with Gasteiger partial charge in [0.05, 0.1) is 6.54 Å². The van der Waals surface area contributed by atoms with Crippen molar-refractivity contribution in [3.05, 3.63) is 48.0 Å². The van der Waals surface area contributed by atoms with Gasteiger partial charge in [-0.15, -0.1) is 0 Å². The Morgan fingerprint density at radius 2 is 1.89 bits per heavy atom. The van der Waals surface area contributed by atoms with E-state index in [1.807, 2.05) is 24.0 Å². The minimum atomic E-state index is -0.806. The largest absolute Gasteiger partial charge is 0.480 e. The van der Waals surface area contributed by atoms with Gasteiger partial charge in [-0.25, -0.2) is 4.79 Å². The van der Waals surface area contributed by atoms with Gasteiger partial charge in [0, 0.05) is 18.6 Å². The third kappa shape index (κ3) is 5.20. The molecule has 0 bridgehead atoms. The van der Waals surface area contributed by atoms with Crippen molar-refractivity contribution in [3.8, 4) is 0 Å². The van der Waals surface area contributed by atoms with Crippen LogP contribution in [0.1, 0.15) is 25.3 Å². The first-order valence-corrected chi connectivity index (χ1v) is 9.53. The highest BCUT2D eigenvalue weighted by Crippen LogP contribution is 2.25. The smallest absolute Gasteiger partial charge is 0.317 e. The number of carbonyl (C=O) groups excluding carboxylic acids is 1. The van der Waals surface area contributed by atoms with E-state index in [0.29, 0.717) is 13.1 Å². The molecule has 1 saturated carbocycles. The maximum absolute atomic E-state index is 12.0. The molecule has 144 valence electrons.